The summed E-state index contributed by atoms with van der Waals surface area (Å²) in [5, 5.41) is 0. The number of nitrogens with zero attached hydrogens (tertiary/aromatic N) is 4. The fourth-order valence-corrected chi connectivity index (χ4v) is 13.8. The highest BCUT2D eigenvalue weighted by Gasteiger charge is 2.49. The summed E-state index contributed by atoms with van der Waals surface area (Å²) < 4.78 is 34.2. The third kappa shape index (κ3) is 6.89. The van der Waals surface area contributed by atoms with Crippen LogP contribution in [0.2, 0.25) is 0 Å². The summed E-state index contributed by atoms with van der Waals surface area (Å²) in [4.78, 5) is 9.40. The molecule has 0 N–H and O–H groups in total. The largest absolute Gasteiger partial charge is 0.458 e. The Labute approximate surface area is 470 Å². The van der Waals surface area contributed by atoms with E-state index in [4.69, 9.17) is 23.7 Å². The van der Waals surface area contributed by atoms with Crippen LogP contribution in [0.15, 0.2) is 231 Å². The number of hydrogen-bond acceptors (Lipinski definition) is 9. The van der Waals surface area contributed by atoms with Gasteiger partial charge in [0.05, 0.1) is 0 Å². The standard InChI is InChI=1S/C69H47B3N4O5/c1-73-56-40-57-52(38-51(56)70-49-28-16-18-30-55(49)76(42-20-8-4-9-21-42)62-35-46(32-59(73)67(62)70)77-43-22-10-5-11-23-43)72-54-39-53-58(41-64(54)81-66-37-48(34-61(69(66)72)74(57)2)79-45-26-14-7-15-27-45)75(3)60-33-47(78-44-24-12-6-13-25-44)36-65-68(60)71(53)50-29-17-19-31-63(50)80-65/h4-41H,1-3H3. The maximum Gasteiger partial charge on any atom is 0.256 e. The van der Waals surface area contributed by atoms with Crippen molar-refractivity contribution in [2.24, 2.45) is 0 Å². The molecule has 0 spiro atoms. The average molecular weight is 1040 g/mol. The zero-order valence-electron chi connectivity index (χ0n) is 44.5. The van der Waals surface area contributed by atoms with Crippen LogP contribution in [-0.2, 0) is 0 Å². The molecule has 12 heteroatoms. The van der Waals surface area contributed by atoms with Gasteiger partial charge in [0.15, 0.2) is 0 Å². The van der Waals surface area contributed by atoms with E-state index in [0.717, 1.165) is 119 Å². The van der Waals surface area contributed by atoms with Gasteiger partial charge in [0.25, 0.3) is 20.1 Å². The summed E-state index contributed by atoms with van der Waals surface area (Å²) in [6.07, 6.45) is 0. The second-order valence-electron chi connectivity index (χ2n) is 21.7. The van der Waals surface area contributed by atoms with Gasteiger partial charge in [-0.2, -0.15) is 0 Å². The van der Waals surface area contributed by atoms with E-state index in [1.807, 2.05) is 97.1 Å². The first-order valence-corrected chi connectivity index (χ1v) is 27.6. The Morgan fingerprint density at radius 3 is 1.25 bits per heavy atom. The van der Waals surface area contributed by atoms with Gasteiger partial charge in [-0.05, 0) is 116 Å². The lowest BCUT2D eigenvalue weighted by molar-refractivity contribution is 0.463. The number of ether oxygens (including phenoxy) is 5. The Morgan fingerprint density at radius 1 is 0.272 bits per heavy atom. The monoisotopic (exact) mass is 1040 g/mol. The number of para-hydroxylation sites is 6. The quantitative estimate of drug-likeness (QED) is 0.145. The Kier molecular flexibility index (Phi) is 9.84. The van der Waals surface area contributed by atoms with Gasteiger partial charge in [0.2, 0.25) is 0 Å². The predicted octanol–water partition coefficient (Wildman–Crippen LogP) is 10.9. The molecule has 0 aromatic heterocycles. The minimum absolute atomic E-state index is 0.109. The van der Waals surface area contributed by atoms with Crippen LogP contribution >= 0.6 is 0 Å². The molecule has 0 aliphatic carbocycles. The van der Waals surface area contributed by atoms with Crippen LogP contribution in [0.3, 0.4) is 0 Å². The molecule has 382 valence electrons. The van der Waals surface area contributed by atoms with Gasteiger partial charge in [-0.1, -0.05) is 121 Å². The third-order valence-corrected chi connectivity index (χ3v) is 17.3. The van der Waals surface area contributed by atoms with Crippen LogP contribution in [0, 0.1) is 0 Å². The second kappa shape index (κ2) is 17.4. The highest BCUT2D eigenvalue weighted by molar-refractivity contribution is 7.03. The first kappa shape index (κ1) is 45.8. The summed E-state index contributed by atoms with van der Waals surface area (Å²) in [6.45, 7) is -0.464. The summed E-state index contributed by atoms with van der Waals surface area (Å²) in [5.74, 6) is 7.62. The average Bonchev–Trinajstić information content (AvgIpc) is 1.87. The lowest BCUT2D eigenvalue weighted by Crippen LogP contribution is -2.65. The van der Waals surface area contributed by atoms with E-state index in [1.54, 1.807) is 0 Å². The van der Waals surface area contributed by atoms with Crippen LogP contribution in [-0.4, -0.2) is 41.3 Å². The SMILES string of the molecule is CN1c2cc3c(cc2B2c4ccccc4Oc4cc(Oc5ccccc5)cc1c42)B1c2cc4c(cc2N(C)c2cc(Oc5ccccc5)cc(c21)O3)N(C)c1cc(Oc2ccccc2)cc2c1B4c1ccccc1N2c1ccccc1. The lowest BCUT2D eigenvalue weighted by atomic mass is 9.29. The van der Waals surface area contributed by atoms with E-state index in [2.05, 4.69) is 174 Å². The Morgan fingerprint density at radius 2 is 0.679 bits per heavy atom. The van der Waals surface area contributed by atoms with Gasteiger partial charge in [-0.3, -0.25) is 0 Å². The molecule has 9 nitrogen and oxygen atoms in total. The molecular formula is C69H47B3N4O5. The van der Waals surface area contributed by atoms with Crippen molar-refractivity contribution in [1.29, 1.82) is 0 Å². The van der Waals surface area contributed by atoms with Gasteiger partial charge in [-0.15, -0.1) is 0 Å². The molecule has 11 aromatic carbocycles. The third-order valence-electron chi connectivity index (χ3n) is 17.3. The van der Waals surface area contributed by atoms with Crippen molar-refractivity contribution >= 4 is 120 Å². The lowest BCUT2D eigenvalue weighted by Gasteiger charge is -2.45. The Bertz CT molecular complexity index is 4440. The molecule has 17 rings (SSSR count). The molecule has 0 saturated carbocycles. The fourth-order valence-electron chi connectivity index (χ4n) is 13.8. The van der Waals surface area contributed by atoms with Gasteiger partial charge in [-0.25, -0.2) is 0 Å². The van der Waals surface area contributed by atoms with E-state index in [9.17, 15) is 0 Å². The minimum atomic E-state index is -0.221. The van der Waals surface area contributed by atoms with Crippen LogP contribution in [0.1, 0.15) is 0 Å². The maximum absolute atomic E-state index is 7.34. The predicted molar refractivity (Wildman–Crippen MR) is 331 cm³/mol. The first-order chi connectivity index (χ1) is 39.9. The molecule has 0 amide bonds. The fraction of sp³-hybridized carbons (Fsp3) is 0.0435. The van der Waals surface area contributed by atoms with Crippen LogP contribution in [0.5, 0.6) is 57.5 Å². The summed E-state index contributed by atoms with van der Waals surface area (Å²) in [7, 11) is 6.53. The molecular weight excluding hydrogens is 997 g/mol. The van der Waals surface area contributed by atoms with Crippen molar-refractivity contribution in [3.05, 3.63) is 231 Å². The zero-order valence-corrected chi connectivity index (χ0v) is 44.5. The second-order valence-corrected chi connectivity index (χ2v) is 21.7. The van der Waals surface area contributed by atoms with E-state index < -0.39 is 0 Å². The molecule has 0 atom stereocenters. The van der Waals surface area contributed by atoms with Gasteiger partial charge in [0.1, 0.15) is 57.5 Å². The van der Waals surface area contributed by atoms with Gasteiger partial charge < -0.3 is 43.3 Å². The molecule has 0 fully saturated rings. The normalized spacial score (nSPS) is 13.9. The molecule has 11 aromatic rings. The zero-order chi connectivity index (χ0) is 53.6. The van der Waals surface area contributed by atoms with Crippen molar-refractivity contribution in [3.63, 3.8) is 0 Å². The van der Waals surface area contributed by atoms with Gasteiger partial charge >= 0.3 is 0 Å². The van der Waals surface area contributed by atoms with Crippen LogP contribution < -0.4 is 92.4 Å². The molecule has 0 saturated heterocycles. The number of benzene rings is 11. The summed E-state index contributed by atoms with van der Waals surface area (Å²) in [6, 6.07) is 80.6. The van der Waals surface area contributed by atoms with Gasteiger partial charge in [0, 0.05) is 115 Å². The number of rotatable bonds is 7. The smallest absolute Gasteiger partial charge is 0.256 e. The Hall–Kier alpha value is -10.2. The molecule has 6 aliphatic heterocycles. The minimum Gasteiger partial charge on any atom is -0.458 e. The van der Waals surface area contributed by atoms with Crippen LogP contribution in [0.25, 0.3) is 0 Å². The summed E-state index contributed by atoms with van der Waals surface area (Å²) >= 11 is 0. The molecule has 6 aliphatic rings. The van der Waals surface area contributed by atoms with Crippen LogP contribution in [0.4, 0.5) is 51.2 Å². The van der Waals surface area contributed by atoms with Crippen molar-refractivity contribution in [2.75, 3.05) is 40.7 Å². The first-order valence-electron chi connectivity index (χ1n) is 27.6. The number of fused-ring (bicyclic) bond motifs is 12. The maximum atomic E-state index is 7.34. The summed E-state index contributed by atoms with van der Waals surface area (Å²) in [5.41, 5.74) is 20.2. The topological polar surface area (TPSA) is 59.1 Å². The highest BCUT2D eigenvalue weighted by atomic mass is 16.5. The van der Waals surface area contributed by atoms with E-state index in [1.165, 1.54) is 27.3 Å². The molecule has 0 radical (unpaired) electrons. The van der Waals surface area contributed by atoms with Crippen molar-refractivity contribution in [1.82, 2.24) is 0 Å². The Balaban J connectivity index is 0.886. The number of anilines is 9. The molecule has 81 heavy (non-hydrogen) atoms. The highest BCUT2D eigenvalue weighted by Crippen LogP contribution is 2.47. The van der Waals surface area contributed by atoms with Crippen molar-refractivity contribution in [2.45, 2.75) is 0 Å². The molecule has 0 unspecified atom stereocenters. The molecule has 0 bridgehead atoms. The van der Waals surface area contributed by atoms with Crippen molar-refractivity contribution < 1.29 is 23.7 Å². The molecule has 6 heterocycles. The van der Waals surface area contributed by atoms with E-state index in [0.29, 0.717) is 11.5 Å². The van der Waals surface area contributed by atoms with E-state index in [-0.39, 0.29) is 20.1 Å². The van der Waals surface area contributed by atoms with Crippen molar-refractivity contribution in [3.8, 4) is 57.5 Å². The number of hydrogen-bond donors (Lipinski definition) is 0. The van der Waals surface area contributed by atoms with E-state index >= 15 is 0 Å².